The van der Waals surface area contributed by atoms with Gasteiger partial charge in [-0.1, -0.05) is 0 Å². The van der Waals surface area contributed by atoms with E-state index in [0.29, 0.717) is 0 Å². The molecule has 1 amide bonds. The minimum Gasteiger partial charge on any atom is -0.444 e. The van der Waals surface area contributed by atoms with Crippen LogP contribution in [0, 0.1) is 0 Å². The molecule has 0 rings (SSSR count). The predicted octanol–water partition coefficient (Wildman–Crippen LogP) is 1.82. The summed E-state index contributed by atoms with van der Waals surface area (Å²) in [7, 11) is 0. The molecule has 4 nitrogen and oxygen atoms in total. The van der Waals surface area contributed by atoms with Crippen LogP contribution >= 0.6 is 0 Å². The van der Waals surface area contributed by atoms with E-state index in [0.717, 1.165) is 6.92 Å². The second-order valence-corrected chi connectivity index (χ2v) is 4.41. The minimum absolute atomic E-state index is 0.890. The van der Waals surface area contributed by atoms with E-state index in [4.69, 9.17) is 5.11 Å². The summed E-state index contributed by atoms with van der Waals surface area (Å²) in [6, 6.07) is -2.33. The number of hydrogen-bond donors (Lipinski definition) is 2. The number of aliphatic hydroxyl groups excluding tert-OH is 1. The first-order valence-corrected chi connectivity index (χ1v) is 4.68. The maximum absolute atomic E-state index is 12.3. The van der Waals surface area contributed by atoms with Crippen LogP contribution in [0.2, 0.25) is 0 Å². The van der Waals surface area contributed by atoms with Crippen molar-refractivity contribution in [3.8, 4) is 0 Å². The first-order chi connectivity index (χ1) is 6.93. The van der Waals surface area contributed by atoms with E-state index >= 15 is 0 Å². The Morgan fingerprint density at radius 2 is 1.75 bits per heavy atom. The molecule has 0 unspecified atom stereocenters. The van der Waals surface area contributed by atoms with E-state index in [1.54, 1.807) is 5.32 Å². The molecule has 0 aromatic heterocycles. The number of ether oxygens (including phenoxy) is 1. The average Bonchev–Trinajstić information content (AvgIpc) is 1.93. The molecule has 0 saturated heterocycles. The molecular weight excluding hydrogens is 227 g/mol. The zero-order valence-corrected chi connectivity index (χ0v) is 9.55. The number of alkyl halides is 3. The lowest BCUT2D eigenvalue weighted by molar-refractivity contribution is -0.174. The molecule has 0 aliphatic carbocycles. The Morgan fingerprint density at radius 1 is 1.31 bits per heavy atom. The zero-order chi connectivity index (χ0) is 13.1. The van der Waals surface area contributed by atoms with Crippen LogP contribution in [0.15, 0.2) is 0 Å². The lowest BCUT2D eigenvalue weighted by Crippen LogP contribution is -2.52. The van der Waals surface area contributed by atoms with Crippen LogP contribution in [-0.2, 0) is 4.74 Å². The van der Waals surface area contributed by atoms with Crippen molar-refractivity contribution in [2.24, 2.45) is 0 Å². The van der Waals surface area contributed by atoms with Gasteiger partial charge < -0.3 is 15.2 Å². The van der Waals surface area contributed by atoms with Crippen LogP contribution in [0.5, 0.6) is 0 Å². The van der Waals surface area contributed by atoms with Gasteiger partial charge in [-0.15, -0.1) is 0 Å². The third-order valence-corrected chi connectivity index (χ3v) is 1.51. The SMILES string of the molecule is C[C@@H](O)[C@@H](NC(=O)OC(C)(C)C)C(F)(F)F. The third kappa shape index (κ3) is 5.79. The highest BCUT2D eigenvalue weighted by Gasteiger charge is 2.44. The zero-order valence-electron chi connectivity index (χ0n) is 9.55. The largest absolute Gasteiger partial charge is 0.444 e. The number of amides is 1. The third-order valence-electron chi connectivity index (χ3n) is 1.51. The summed E-state index contributed by atoms with van der Waals surface area (Å²) in [6.07, 6.45) is -7.67. The van der Waals surface area contributed by atoms with Gasteiger partial charge in [-0.25, -0.2) is 4.79 Å². The Labute approximate surface area is 91.8 Å². The summed E-state index contributed by atoms with van der Waals surface area (Å²) in [5, 5.41) is 10.5. The molecule has 0 heterocycles. The Kier molecular flexibility index (Phi) is 4.60. The minimum atomic E-state index is -4.72. The van der Waals surface area contributed by atoms with E-state index in [1.807, 2.05) is 0 Å². The number of nitrogens with one attached hydrogen (secondary N) is 1. The van der Waals surface area contributed by atoms with Crippen LogP contribution in [0.25, 0.3) is 0 Å². The van der Waals surface area contributed by atoms with Gasteiger partial charge in [-0.3, -0.25) is 0 Å². The quantitative estimate of drug-likeness (QED) is 0.777. The lowest BCUT2D eigenvalue weighted by Gasteiger charge is -2.26. The summed E-state index contributed by atoms with van der Waals surface area (Å²) in [5.41, 5.74) is -0.890. The number of halogens is 3. The van der Waals surface area contributed by atoms with E-state index < -0.39 is 30.0 Å². The van der Waals surface area contributed by atoms with Gasteiger partial charge in [0, 0.05) is 0 Å². The molecule has 0 aliphatic heterocycles. The Morgan fingerprint density at radius 3 is 2.00 bits per heavy atom. The van der Waals surface area contributed by atoms with Crippen LogP contribution in [0.3, 0.4) is 0 Å². The first-order valence-electron chi connectivity index (χ1n) is 4.68. The van der Waals surface area contributed by atoms with Crippen LogP contribution in [0.1, 0.15) is 27.7 Å². The second kappa shape index (κ2) is 4.90. The first kappa shape index (κ1) is 15.0. The van der Waals surface area contributed by atoms with Crippen molar-refractivity contribution in [2.45, 2.75) is 51.6 Å². The molecule has 0 aromatic rings. The fourth-order valence-electron chi connectivity index (χ4n) is 0.910. The predicted molar refractivity (Wildman–Crippen MR) is 50.9 cm³/mol. The van der Waals surface area contributed by atoms with Crippen molar-refractivity contribution >= 4 is 6.09 Å². The summed E-state index contributed by atoms with van der Waals surface area (Å²) >= 11 is 0. The number of carbonyl (C=O) groups is 1. The van der Waals surface area contributed by atoms with Gasteiger partial charge in [0.2, 0.25) is 0 Å². The van der Waals surface area contributed by atoms with Crippen molar-refractivity contribution in [2.75, 3.05) is 0 Å². The number of alkyl carbamates (subject to hydrolysis) is 1. The molecule has 0 saturated carbocycles. The van der Waals surface area contributed by atoms with Crippen molar-refractivity contribution in [3.05, 3.63) is 0 Å². The Hall–Kier alpha value is -0.980. The summed E-state index contributed by atoms with van der Waals surface area (Å²) in [5.74, 6) is 0. The van der Waals surface area contributed by atoms with Crippen LogP contribution in [-0.4, -0.2) is 35.1 Å². The van der Waals surface area contributed by atoms with Crippen molar-refractivity contribution in [1.29, 1.82) is 0 Å². The highest BCUT2D eigenvalue weighted by atomic mass is 19.4. The smallest absolute Gasteiger partial charge is 0.411 e. The maximum atomic E-state index is 12.3. The molecule has 0 radical (unpaired) electrons. The molecule has 0 fully saturated rings. The van der Waals surface area contributed by atoms with Gasteiger partial charge in [0.1, 0.15) is 5.60 Å². The van der Waals surface area contributed by atoms with E-state index in [-0.39, 0.29) is 0 Å². The molecule has 0 aliphatic rings. The molecular formula is C9H16F3NO3. The van der Waals surface area contributed by atoms with Crippen LogP contribution in [0.4, 0.5) is 18.0 Å². The number of rotatable bonds is 2. The van der Waals surface area contributed by atoms with Gasteiger partial charge >= 0.3 is 12.3 Å². The standard InChI is InChI=1S/C9H16F3NO3/c1-5(14)6(9(10,11)12)13-7(15)16-8(2,3)4/h5-6,14H,1-4H3,(H,13,15)/t5-,6-/m1/s1. The number of hydrogen-bond acceptors (Lipinski definition) is 3. The molecule has 96 valence electrons. The monoisotopic (exact) mass is 243 g/mol. The maximum Gasteiger partial charge on any atom is 0.411 e. The highest BCUT2D eigenvalue weighted by molar-refractivity contribution is 5.68. The normalized spacial score (nSPS) is 16.5. The van der Waals surface area contributed by atoms with E-state index in [1.165, 1.54) is 20.8 Å². The van der Waals surface area contributed by atoms with Crippen molar-refractivity contribution < 1.29 is 27.8 Å². The number of carbonyl (C=O) groups excluding carboxylic acids is 1. The van der Waals surface area contributed by atoms with E-state index in [2.05, 4.69) is 4.74 Å². The van der Waals surface area contributed by atoms with Gasteiger partial charge in [0.15, 0.2) is 6.04 Å². The van der Waals surface area contributed by atoms with Gasteiger partial charge in [0.05, 0.1) is 6.10 Å². The molecule has 2 atom stereocenters. The summed E-state index contributed by atoms with van der Waals surface area (Å²) in [6.45, 7) is 5.52. The lowest BCUT2D eigenvalue weighted by atomic mass is 10.2. The van der Waals surface area contributed by atoms with Crippen LogP contribution < -0.4 is 5.32 Å². The molecule has 0 bridgehead atoms. The van der Waals surface area contributed by atoms with Gasteiger partial charge in [0.25, 0.3) is 0 Å². The van der Waals surface area contributed by atoms with Crippen molar-refractivity contribution in [3.63, 3.8) is 0 Å². The fourth-order valence-corrected chi connectivity index (χ4v) is 0.910. The molecule has 0 aromatic carbocycles. The van der Waals surface area contributed by atoms with Gasteiger partial charge in [-0.2, -0.15) is 13.2 Å². The summed E-state index contributed by atoms with van der Waals surface area (Å²) < 4.78 is 41.7. The summed E-state index contributed by atoms with van der Waals surface area (Å²) in [4.78, 5) is 11.1. The Balaban J connectivity index is 4.49. The fraction of sp³-hybridized carbons (Fsp3) is 0.889. The number of aliphatic hydroxyl groups is 1. The molecule has 7 heteroatoms. The van der Waals surface area contributed by atoms with Crippen molar-refractivity contribution in [1.82, 2.24) is 5.32 Å². The van der Waals surface area contributed by atoms with Gasteiger partial charge in [-0.05, 0) is 27.7 Å². The Bertz CT molecular complexity index is 245. The molecule has 0 spiro atoms. The van der Waals surface area contributed by atoms with E-state index in [9.17, 15) is 18.0 Å². The second-order valence-electron chi connectivity index (χ2n) is 4.41. The topological polar surface area (TPSA) is 58.6 Å². The highest BCUT2D eigenvalue weighted by Crippen LogP contribution is 2.23. The molecule has 16 heavy (non-hydrogen) atoms. The average molecular weight is 243 g/mol. The molecule has 2 N–H and O–H groups in total.